The van der Waals surface area contributed by atoms with Crippen molar-refractivity contribution in [1.82, 2.24) is 4.98 Å². The Morgan fingerprint density at radius 2 is 2.00 bits per heavy atom. The van der Waals surface area contributed by atoms with Crippen molar-refractivity contribution in [3.05, 3.63) is 48.2 Å². The van der Waals surface area contributed by atoms with E-state index < -0.39 is 0 Å². The minimum atomic E-state index is -0.159. The number of piperidine rings is 1. The van der Waals surface area contributed by atoms with Crippen LogP contribution in [0.1, 0.15) is 44.0 Å². The van der Waals surface area contributed by atoms with Gasteiger partial charge in [-0.15, -0.1) is 0 Å². The van der Waals surface area contributed by atoms with Gasteiger partial charge >= 0.3 is 0 Å². The van der Waals surface area contributed by atoms with Gasteiger partial charge in [-0.05, 0) is 69.0 Å². The molecule has 1 aromatic carbocycles. The predicted molar refractivity (Wildman–Crippen MR) is 105 cm³/mol. The molecule has 1 aromatic heterocycles. The number of nitrogens with one attached hydrogen (secondary N) is 1. The van der Waals surface area contributed by atoms with Crippen molar-refractivity contribution in [2.24, 2.45) is 5.92 Å². The van der Waals surface area contributed by atoms with Crippen molar-refractivity contribution in [3.8, 4) is 5.75 Å². The summed E-state index contributed by atoms with van der Waals surface area (Å²) in [5, 5.41) is 2.90. The molecule has 1 amide bonds. The number of hydrogen-bond acceptors (Lipinski definition) is 4. The van der Waals surface area contributed by atoms with Crippen LogP contribution in [0.2, 0.25) is 0 Å². The van der Waals surface area contributed by atoms with E-state index in [0.717, 1.165) is 30.3 Å². The van der Waals surface area contributed by atoms with E-state index in [9.17, 15) is 4.79 Å². The van der Waals surface area contributed by atoms with Crippen LogP contribution in [0.15, 0.2) is 42.6 Å². The van der Waals surface area contributed by atoms with Gasteiger partial charge in [0.25, 0.3) is 5.91 Å². The summed E-state index contributed by atoms with van der Waals surface area (Å²) in [6.45, 7) is 8.30. The lowest BCUT2D eigenvalue weighted by Gasteiger charge is -2.31. The molecular formula is C21H27N3O2. The molecule has 0 spiro atoms. The van der Waals surface area contributed by atoms with Gasteiger partial charge in [-0.2, -0.15) is 0 Å². The second-order valence-corrected chi connectivity index (χ2v) is 7.24. The molecule has 2 heterocycles. The van der Waals surface area contributed by atoms with Crippen LogP contribution < -0.4 is 15.0 Å². The molecule has 2 aromatic rings. The average Bonchev–Trinajstić information content (AvgIpc) is 2.63. The van der Waals surface area contributed by atoms with E-state index in [4.69, 9.17) is 4.74 Å². The van der Waals surface area contributed by atoms with E-state index in [0.29, 0.717) is 11.5 Å². The number of aromatic nitrogens is 1. The quantitative estimate of drug-likeness (QED) is 0.868. The largest absolute Gasteiger partial charge is 0.491 e. The molecule has 1 fully saturated rings. The molecule has 1 aliphatic rings. The van der Waals surface area contributed by atoms with Crippen molar-refractivity contribution in [3.63, 3.8) is 0 Å². The molecule has 138 valence electrons. The lowest BCUT2D eigenvalue weighted by molar-refractivity contribution is 0.102. The summed E-state index contributed by atoms with van der Waals surface area (Å²) in [5.74, 6) is 2.27. The van der Waals surface area contributed by atoms with E-state index in [2.05, 4.69) is 22.1 Å². The Bertz CT molecular complexity index is 726. The molecule has 26 heavy (non-hydrogen) atoms. The number of carbonyl (C=O) groups is 1. The number of anilines is 2. The molecule has 5 heteroatoms. The maximum Gasteiger partial charge on any atom is 0.257 e. The number of amides is 1. The molecular weight excluding hydrogens is 326 g/mol. The molecule has 0 saturated carbocycles. The number of ether oxygens (including phenoxy) is 1. The third-order valence-electron chi connectivity index (χ3n) is 4.48. The number of carbonyl (C=O) groups excluding carboxylic acids is 1. The van der Waals surface area contributed by atoms with Crippen molar-refractivity contribution in [1.29, 1.82) is 0 Å². The SMILES string of the molecule is CC1CCCN(c2ccc(C(=O)Nc3ccc(OC(C)C)cc3)cn2)C1. The molecule has 0 aliphatic carbocycles. The second-order valence-electron chi connectivity index (χ2n) is 7.24. The van der Waals surface area contributed by atoms with Crippen molar-refractivity contribution < 1.29 is 9.53 Å². The van der Waals surface area contributed by atoms with Gasteiger partial charge in [0.1, 0.15) is 11.6 Å². The Hall–Kier alpha value is -2.56. The maximum atomic E-state index is 12.4. The fourth-order valence-corrected chi connectivity index (χ4v) is 3.20. The Balaban J connectivity index is 1.61. The van der Waals surface area contributed by atoms with E-state index in [1.165, 1.54) is 12.8 Å². The van der Waals surface area contributed by atoms with E-state index in [-0.39, 0.29) is 12.0 Å². The van der Waals surface area contributed by atoms with Gasteiger partial charge in [0.15, 0.2) is 0 Å². The molecule has 0 bridgehead atoms. The first-order valence-electron chi connectivity index (χ1n) is 9.30. The normalized spacial score (nSPS) is 17.2. The minimum Gasteiger partial charge on any atom is -0.491 e. The first kappa shape index (κ1) is 18.2. The van der Waals surface area contributed by atoms with Crippen molar-refractivity contribution in [2.45, 2.75) is 39.7 Å². The molecule has 3 rings (SSSR count). The molecule has 1 atom stereocenters. The van der Waals surface area contributed by atoms with Gasteiger partial charge in [0.2, 0.25) is 0 Å². The van der Waals surface area contributed by atoms with Gasteiger partial charge in [-0.3, -0.25) is 4.79 Å². The summed E-state index contributed by atoms with van der Waals surface area (Å²) in [6, 6.07) is 11.2. The number of hydrogen-bond donors (Lipinski definition) is 1. The van der Waals surface area contributed by atoms with Crippen LogP contribution in [-0.4, -0.2) is 30.1 Å². The van der Waals surface area contributed by atoms with Gasteiger partial charge in [-0.1, -0.05) is 6.92 Å². The number of nitrogens with zero attached hydrogens (tertiary/aromatic N) is 2. The summed E-state index contributed by atoms with van der Waals surface area (Å²) in [7, 11) is 0. The van der Waals surface area contributed by atoms with Gasteiger partial charge in [0.05, 0.1) is 11.7 Å². The van der Waals surface area contributed by atoms with Crippen LogP contribution in [0.5, 0.6) is 5.75 Å². The van der Waals surface area contributed by atoms with E-state index in [1.54, 1.807) is 6.20 Å². The summed E-state index contributed by atoms with van der Waals surface area (Å²) >= 11 is 0. The highest BCUT2D eigenvalue weighted by Crippen LogP contribution is 2.22. The second kappa shape index (κ2) is 8.21. The topological polar surface area (TPSA) is 54.5 Å². The Labute approximate surface area is 155 Å². The lowest BCUT2D eigenvalue weighted by Crippen LogP contribution is -2.34. The Morgan fingerprint density at radius 1 is 1.23 bits per heavy atom. The fourth-order valence-electron chi connectivity index (χ4n) is 3.20. The van der Waals surface area contributed by atoms with Crippen LogP contribution in [0, 0.1) is 5.92 Å². The smallest absolute Gasteiger partial charge is 0.257 e. The van der Waals surface area contributed by atoms with Crippen LogP contribution in [0.4, 0.5) is 11.5 Å². The minimum absolute atomic E-state index is 0.128. The molecule has 1 aliphatic heterocycles. The first-order valence-corrected chi connectivity index (χ1v) is 9.30. The van der Waals surface area contributed by atoms with E-state index >= 15 is 0 Å². The van der Waals surface area contributed by atoms with Gasteiger partial charge < -0.3 is 15.0 Å². The monoisotopic (exact) mass is 353 g/mol. The highest BCUT2D eigenvalue weighted by atomic mass is 16.5. The fraction of sp³-hybridized carbons (Fsp3) is 0.429. The van der Waals surface area contributed by atoms with E-state index in [1.807, 2.05) is 50.2 Å². The molecule has 5 nitrogen and oxygen atoms in total. The zero-order valence-corrected chi connectivity index (χ0v) is 15.7. The highest BCUT2D eigenvalue weighted by molar-refractivity contribution is 6.04. The predicted octanol–water partition coefficient (Wildman–Crippen LogP) is 4.36. The number of rotatable bonds is 5. The first-order chi connectivity index (χ1) is 12.5. The zero-order chi connectivity index (χ0) is 18.5. The van der Waals surface area contributed by atoms with Crippen LogP contribution in [0.25, 0.3) is 0 Å². The third kappa shape index (κ3) is 4.75. The summed E-state index contributed by atoms with van der Waals surface area (Å²) in [5.41, 5.74) is 1.29. The van der Waals surface area contributed by atoms with Crippen LogP contribution in [-0.2, 0) is 0 Å². The molecule has 1 saturated heterocycles. The molecule has 0 radical (unpaired) electrons. The maximum absolute atomic E-state index is 12.4. The highest BCUT2D eigenvalue weighted by Gasteiger charge is 2.17. The van der Waals surface area contributed by atoms with Crippen LogP contribution >= 0.6 is 0 Å². The van der Waals surface area contributed by atoms with Crippen molar-refractivity contribution in [2.75, 3.05) is 23.3 Å². The van der Waals surface area contributed by atoms with Crippen LogP contribution in [0.3, 0.4) is 0 Å². The molecule has 1 N–H and O–H groups in total. The summed E-state index contributed by atoms with van der Waals surface area (Å²) in [4.78, 5) is 19.2. The number of pyridine rings is 1. The molecule has 1 unspecified atom stereocenters. The van der Waals surface area contributed by atoms with Gasteiger partial charge in [0, 0.05) is 25.0 Å². The Kier molecular flexibility index (Phi) is 5.76. The zero-order valence-electron chi connectivity index (χ0n) is 15.7. The standard InChI is InChI=1S/C21H27N3O2/c1-15(2)26-19-9-7-18(8-10-19)23-21(25)17-6-11-20(22-13-17)24-12-4-5-16(3)14-24/h6-11,13,15-16H,4-5,12,14H2,1-3H3,(H,23,25). The average molecular weight is 353 g/mol. The van der Waals surface area contributed by atoms with Gasteiger partial charge in [-0.25, -0.2) is 4.98 Å². The summed E-state index contributed by atoms with van der Waals surface area (Å²) < 4.78 is 5.61. The summed E-state index contributed by atoms with van der Waals surface area (Å²) in [6.07, 6.45) is 4.25. The lowest BCUT2D eigenvalue weighted by atomic mass is 10.0. The van der Waals surface area contributed by atoms with Crippen molar-refractivity contribution >= 4 is 17.4 Å². The third-order valence-corrected chi connectivity index (χ3v) is 4.48. The Morgan fingerprint density at radius 3 is 2.62 bits per heavy atom. The number of benzene rings is 1.